The fraction of sp³-hybridized carbons (Fsp3) is 0.182. The van der Waals surface area contributed by atoms with Crippen LogP contribution in [0.1, 0.15) is 34.3 Å². The molecule has 0 aliphatic heterocycles. The minimum absolute atomic E-state index is 0.188. The van der Waals surface area contributed by atoms with Gasteiger partial charge in [-0.25, -0.2) is 0 Å². The van der Waals surface area contributed by atoms with Crippen molar-refractivity contribution in [1.29, 1.82) is 0 Å². The van der Waals surface area contributed by atoms with Crippen LogP contribution in [0.15, 0.2) is 72.8 Å². The third-order valence-corrected chi connectivity index (χ3v) is 4.60. The molecule has 26 heavy (non-hydrogen) atoms. The molecule has 3 aromatic carbocycles. The molecule has 0 heterocycles. The minimum atomic E-state index is -0.188. The summed E-state index contributed by atoms with van der Waals surface area (Å²) in [5.74, 6) is 1.64. The number of methoxy groups -OCH3 is 2. The molecule has 134 valence electrons. The molecule has 0 fully saturated rings. The maximum atomic E-state index is 6.39. The van der Waals surface area contributed by atoms with Gasteiger partial charge in [-0.2, -0.15) is 0 Å². The Morgan fingerprint density at radius 1 is 0.500 bits per heavy atom. The van der Waals surface area contributed by atoms with Crippen LogP contribution >= 0.6 is 0 Å². The number of nitrogens with two attached hydrogens (primary N) is 2. The molecule has 0 radical (unpaired) electrons. The van der Waals surface area contributed by atoms with Crippen molar-refractivity contribution in [2.45, 2.75) is 12.1 Å². The Morgan fingerprint density at radius 2 is 0.731 bits per heavy atom. The molecule has 2 unspecified atom stereocenters. The van der Waals surface area contributed by atoms with Gasteiger partial charge in [0.15, 0.2) is 0 Å². The molecule has 3 rings (SSSR count). The summed E-state index contributed by atoms with van der Waals surface area (Å²) < 4.78 is 10.4. The second-order valence-electron chi connectivity index (χ2n) is 6.17. The molecule has 0 aliphatic carbocycles. The summed E-state index contributed by atoms with van der Waals surface area (Å²) in [6, 6.07) is 23.4. The van der Waals surface area contributed by atoms with Gasteiger partial charge in [-0.3, -0.25) is 0 Å². The van der Waals surface area contributed by atoms with Crippen LogP contribution in [0.5, 0.6) is 11.5 Å². The predicted octanol–water partition coefficient (Wildman–Crippen LogP) is 3.80. The molecular weight excluding hydrogens is 324 g/mol. The van der Waals surface area contributed by atoms with Crippen LogP contribution in [0.25, 0.3) is 0 Å². The zero-order valence-corrected chi connectivity index (χ0v) is 15.1. The molecule has 0 bridgehead atoms. The number of hydrogen-bond acceptors (Lipinski definition) is 4. The van der Waals surface area contributed by atoms with Crippen molar-refractivity contribution >= 4 is 0 Å². The Balaban J connectivity index is 1.76. The first kappa shape index (κ1) is 18.0. The SMILES string of the molecule is COc1ccc(C(N)c2ccc(C(N)c3ccc(OC)cc3)cc2)cc1. The topological polar surface area (TPSA) is 70.5 Å². The van der Waals surface area contributed by atoms with Gasteiger partial charge < -0.3 is 20.9 Å². The fourth-order valence-corrected chi connectivity index (χ4v) is 2.92. The van der Waals surface area contributed by atoms with Gasteiger partial charge >= 0.3 is 0 Å². The van der Waals surface area contributed by atoms with Crippen LogP contribution in [0.3, 0.4) is 0 Å². The Kier molecular flexibility index (Phi) is 5.56. The van der Waals surface area contributed by atoms with Crippen LogP contribution in [0.2, 0.25) is 0 Å². The van der Waals surface area contributed by atoms with Crippen LogP contribution in [-0.2, 0) is 0 Å². The number of rotatable bonds is 6. The van der Waals surface area contributed by atoms with E-state index in [4.69, 9.17) is 20.9 Å². The average Bonchev–Trinajstić information content (AvgIpc) is 2.73. The van der Waals surface area contributed by atoms with Crippen molar-refractivity contribution in [2.75, 3.05) is 14.2 Å². The highest BCUT2D eigenvalue weighted by Crippen LogP contribution is 2.26. The van der Waals surface area contributed by atoms with E-state index in [0.29, 0.717) is 0 Å². The van der Waals surface area contributed by atoms with E-state index in [0.717, 1.165) is 33.8 Å². The summed E-state index contributed by atoms with van der Waals surface area (Å²) in [6.45, 7) is 0. The lowest BCUT2D eigenvalue weighted by molar-refractivity contribution is 0.414. The van der Waals surface area contributed by atoms with Crippen LogP contribution < -0.4 is 20.9 Å². The molecule has 0 aliphatic rings. The summed E-state index contributed by atoms with van der Waals surface area (Å²) >= 11 is 0. The summed E-state index contributed by atoms with van der Waals surface area (Å²) in [4.78, 5) is 0. The van der Waals surface area contributed by atoms with Crippen LogP contribution in [0.4, 0.5) is 0 Å². The van der Waals surface area contributed by atoms with Crippen molar-refractivity contribution in [3.8, 4) is 11.5 Å². The van der Waals surface area contributed by atoms with Crippen LogP contribution in [0, 0.1) is 0 Å². The van der Waals surface area contributed by atoms with Gasteiger partial charge in [-0.15, -0.1) is 0 Å². The molecule has 3 aromatic rings. The second kappa shape index (κ2) is 8.04. The lowest BCUT2D eigenvalue weighted by atomic mass is 9.95. The van der Waals surface area contributed by atoms with E-state index in [1.165, 1.54) is 0 Å². The lowest BCUT2D eigenvalue weighted by Crippen LogP contribution is -2.14. The van der Waals surface area contributed by atoms with E-state index in [9.17, 15) is 0 Å². The molecule has 0 saturated heterocycles. The standard InChI is InChI=1S/C22H24N2O2/c1-25-19-11-7-17(8-12-19)21(23)15-3-5-16(6-4-15)22(24)18-9-13-20(26-2)14-10-18/h3-14,21-22H,23-24H2,1-2H3. The third kappa shape index (κ3) is 3.87. The quantitative estimate of drug-likeness (QED) is 0.711. The Morgan fingerprint density at radius 3 is 0.962 bits per heavy atom. The normalized spacial score (nSPS) is 13.1. The predicted molar refractivity (Wildman–Crippen MR) is 104 cm³/mol. The molecular formula is C22H24N2O2. The van der Waals surface area contributed by atoms with Gasteiger partial charge in [0, 0.05) is 0 Å². The van der Waals surface area contributed by atoms with Gasteiger partial charge in [0.1, 0.15) is 11.5 Å². The summed E-state index contributed by atoms with van der Waals surface area (Å²) in [5, 5.41) is 0. The molecule has 4 heteroatoms. The fourth-order valence-electron chi connectivity index (χ4n) is 2.92. The molecule has 0 amide bonds. The first-order valence-corrected chi connectivity index (χ1v) is 8.51. The Bertz CT molecular complexity index is 755. The molecule has 0 aromatic heterocycles. The summed E-state index contributed by atoms with van der Waals surface area (Å²) in [6.07, 6.45) is 0. The van der Waals surface area contributed by atoms with E-state index in [1.54, 1.807) is 14.2 Å². The molecule has 2 atom stereocenters. The van der Waals surface area contributed by atoms with Gasteiger partial charge in [-0.1, -0.05) is 48.5 Å². The van der Waals surface area contributed by atoms with E-state index >= 15 is 0 Å². The van der Waals surface area contributed by atoms with Gasteiger partial charge in [0.2, 0.25) is 0 Å². The van der Waals surface area contributed by atoms with Crippen molar-refractivity contribution in [1.82, 2.24) is 0 Å². The number of hydrogen-bond donors (Lipinski definition) is 2. The summed E-state index contributed by atoms with van der Waals surface area (Å²) in [7, 11) is 3.30. The third-order valence-electron chi connectivity index (χ3n) is 4.60. The van der Waals surface area contributed by atoms with Crippen molar-refractivity contribution in [2.24, 2.45) is 11.5 Å². The Hall–Kier alpha value is -2.82. The minimum Gasteiger partial charge on any atom is -0.497 e. The lowest BCUT2D eigenvalue weighted by Gasteiger charge is -2.16. The highest BCUT2D eigenvalue weighted by Gasteiger charge is 2.12. The highest BCUT2D eigenvalue weighted by molar-refractivity contribution is 5.39. The molecule has 4 N–H and O–H groups in total. The second-order valence-corrected chi connectivity index (χ2v) is 6.17. The van der Waals surface area contributed by atoms with Gasteiger partial charge in [0.05, 0.1) is 26.3 Å². The van der Waals surface area contributed by atoms with E-state index in [2.05, 4.69) is 0 Å². The van der Waals surface area contributed by atoms with Gasteiger partial charge in [0.25, 0.3) is 0 Å². The van der Waals surface area contributed by atoms with Crippen molar-refractivity contribution in [3.63, 3.8) is 0 Å². The largest absolute Gasteiger partial charge is 0.497 e. The Labute approximate surface area is 154 Å². The van der Waals surface area contributed by atoms with E-state index < -0.39 is 0 Å². The van der Waals surface area contributed by atoms with Crippen molar-refractivity contribution < 1.29 is 9.47 Å². The first-order chi connectivity index (χ1) is 12.6. The average molecular weight is 348 g/mol. The zero-order valence-electron chi connectivity index (χ0n) is 15.1. The first-order valence-electron chi connectivity index (χ1n) is 8.51. The molecule has 0 spiro atoms. The molecule has 0 saturated carbocycles. The summed E-state index contributed by atoms with van der Waals surface area (Å²) in [5.41, 5.74) is 16.9. The smallest absolute Gasteiger partial charge is 0.118 e. The van der Waals surface area contributed by atoms with Crippen molar-refractivity contribution in [3.05, 3.63) is 95.1 Å². The van der Waals surface area contributed by atoms with Crippen LogP contribution in [-0.4, -0.2) is 14.2 Å². The van der Waals surface area contributed by atoms with E-state index in [1.807, 2.05) is 72.8 Å². The number of ether oxygens (including phenoxy) is 2. The molecule has 4 nitrogen and oxygen atoms in total. The maximum Gasteiger partial charge on any atom is 0.118 e. The number of benzene rings is 3. The maximum absolute atomic E-state index is 6.39. The van der Waals surface area contributed by atoms with Gasteiger partial charge in [-0.05, 0) is 46.5 Å². The van der Waals surface area contributed by atoms with E-state index in [-0.39, 0.29) is 12.1 Å². The monoisotopic (exact) mass is 348 g/mol. The highest BCUT2D eigenvalue weighted by atomic mass is 16.5. The zero-order chi connectivity index (χ0) is 18.5.